The Bertz CT molecular complexity index is 507. The van der Waals surface area contributed by atoms with Crippen molar-refractivity contribution >= 4 is 5.91 Å². The summed E-state index contributed by atoms with van der Waals surface area (Å²) >= 11 is 0. The number of amides is 1. The van der Waals surface area contributed by atoms with E-state index < -0.39 is 23.3 Å². The number of alkyl halides is 3. The Morgan fingerprint density at radius 3 is 2.64 bits per heavy atom. The van der Waals surface area contributed by atoms with E-state index in [4.69, 9.17) is 0 Å². The van der Waals surface area contributed by atoms with Crippen LogP contribution in [-0.4, -0.2) is 46.8 Å². The largest absolute Gasteiger partial charge is 0.435 e. The second-order valence-corrected chi connectivity index (χ2v) is 5.57. The van der Waals surface area contributed by atoms with Crippen molar-refractivity contribution in [3.05, 3.63) is 17.5 Å². The molecule has 1 fully saturated rings. The van der Waals surface area contributed by atoms with Crippen LogP contribution in [-0.2, 0) is 13.2 Å². The van der Waals surface area contributed by atoms with Crippen molar-refractivity contribution in [3.63, 3.8) is 0 Å². The molecule has 0 aliphatic carbocycles. The molecule has 1 N–H and O–H groups in total. The highest BCUT2D eigenvalue weighted by Gasteiger charge is 2.38. The van der Waals surface area contributed by atoms with Gasteiger partial charge in [-0.3, -0.25) is 9.48 Å². The summed E-state index contributed by atoms with van der Waals surface area (Å²) in [6.45, 7) is 3.35. The van der Waals surface area contributed by atoms with E-state index in [0.29, 0.717) is 6.54 Å². The number of hydrogen-bond acceptors (Lipinski definition) is 3. The van der Waals surface area contributed by atoms with E-state index in [0.717, 1.165) is 36.9 Å². The highest BCUT2D eigenvalue weighted by atomic mass is 19.4. The molecule has 2 heterocycles. The second-order valence-electron chi connectivity index (χ2n) is 5.57. The number of carbonyl (C=O) groups is 1. The molecular formula is C14H21F3N4O. The maximum atomic E-state index is 12.8. The first-order valence-corrected chi connectivity index (χ1v) is 7.49. The van der Waals surface area contributed by atoms with Gasteiger partial charge in [-0.2, -0.15) is 18.3 Å². The third kappa shape index (κ3) is 4.46. The molecular weight excluding hydrogens is 297 g/mol. The lowest BCUT2D eigenvalue weighted by atomic mass is 10.1. The van der Waals surface area contributed by atoms with E-state index >= 15 is 0 Å². The summed E-state index contributed by atoms with van der Waals surface area (Å²) in [6.07, 6.45) is 0.848. The van der Waals surface area contributed by atoms with Gasteiger partial charge in [0.2, 0.25) is 0 Å². The van der Waals surface area contributed by atoms with Crippen LogP contribution in [0.2, 0.25) is 0 Å². The zero-order chi connectivity index (χ0) is 16.2. The maximum Gasteiger partial charge on any atom is 0.435 e. The molecule has 0 bridgehead atoms. The zero-order valence-electron chi connectivity index (χ0n) is 12.6. The smallest absolute Gasteiger partial charge is 0.352 e. The standard InChI is InChI=1S/C14H21F3N4O/c1-20-10-11(12(19-20)14(15,16)17)13(22)18-6-5-9-21-7-3-2-4-8-21/h10H,2-9H2,1H3,(H,18,22). The number of rotatable bonds is 5. The van der Waals surface area contributed by atoms with Crippen molar-refractivity contribution in [1.82, 2.24) is 20.0 Å². The van der Waals surface area contributed by atoms with E-state index in [1.54, 1.807) is 0 Å². The third-order valence-electron chi connectivity index (χ3n) is 3.73. The second kappa shape index (κ2) is 7.13. The van der Waals surface area contributed by atoms with E-state index in [1.165, 1.54) is 26.3 Å². The lowest BCUT2D eigenvalue weighted by Gasteiger charge is -2.26. The fourth-order valence-corrected chi connectivity index (χ4v) is 2.65. The van der Waals surface area contributed by atoms with Crippen molar-refractivity contribution in [1.29, 1.82) is 0 Å². The first kappa shape index (κ1) is 16.8. The first-order valence-electron chi connectivity index (χ1n) is 7.49. The zero-order valence-corrected chi connectivity index (χ0v) is 12.6. The fourth-order valence-electron chi connectivity index (χ4n) is 2.65. The van der Waals surface area contributed by atoms with Gasteiger partial charge in [0, 0.05) is 19.8 Å². The predicted octanol–water partition coefficient (Wildman–Crippen LogP) is 2.04. The lowest BCUT2D eigenvalue weighted by Crippen LogP contribution is -2.33. The molecule has 8 heteroatoms. The van der Waals surface area contributed by atoms with Crippen LogP contribution in [0, 0.1) is 0 Å². The van der Waals surface area contributed by atoms with Crippen LogP contribution in [0.15, 0.2) is 6.20 Å². The Labute approximate surface area is 127 Å². The van der Waals surface area contributed by atoms with Gasteiger partial charge in [0.1, 0.15) is 0 Å². The predicted molar refractivity (Wildman–Crippen MR) is 75.5 cm³/mol. The molecule has 0 unspecified atom stereocenters. The highest BCUT2D eigenvalue weighted by Crippen LogP contribution is 2.30. The molecule has 124 valence electrons. The summed E-state index contributed by atoms with van der Waals surface area (Å²) < 4.78 is 39.4. The number of nitrogens with zero attached hydrogens (tertiary/aromatic N) is 3. The Hall–Kier alpha value is -1.57. The van der Waals surface area contributed by atoms with E-state index in [9.17, 15) is 18.0 Å². The molecule has 1 amide bonds. The molecule has 1 aliphatic rings. The molecule has 0 spiro atoms. The normalized spacial score (nSPS) is 16.7. The Morgan fingerprint density at radius 1 is 1.32 bits per heavy atom. The summed E-state index contributed by atoms with van der Waals surface area (Å²) in [5.41, 5.74) is -1.56. The van der Waals surface area contributed by atoms with Crippen LogP contribution in [0.1, 0.15) is 41.7 Å². The number of piperidine rings is 1. The molecule has 0 saturated carbocycles. The Morgan fingerprint density at radius 2 is 2.00 bits per heavy atom. The SMILES string of the molecule is Cn1cc(C(=O)NCCCN2CCCCC2)c(C(F)(F)F)n1. The quantitative estimate of drug-likeness (QED) is 0.845. The van der Waals surface area contributed by atoms with Crippen LogP contribution in [0.25, 0.3) is 0 Å². The molecule has 1 aliphatic heterocycles. The summed E-state index contributed by atoms with van der Waals surface area (Å²) in [7, 11) is 1.36. The van der Waals surface area contributed by atoms with Crippen molar-refractivity contribution in [2.75, 3.05) is 26.2 Å². The average molecular weight is 318 g/mol. The van der Waals surface area contributed by atoms with Crippen molar-refractivity contribution in [3.8, 4) is 0 Å². The summed E-state index contributed by atoms with van der Waals surface area (Å²) in [5.74, 6) is -0.723. The molecule has 5 nitrogen and oxygen atoms in total. The number of carbonyl (C=O) groups excluding carboxylic acids is 1. The van der Waals surface area contributed by atoms with Crippen molar-refractivity contribution in [2.45, 2.75) is 31.9 Å². The number of halogens is 3. The van der Waals surface area contributed by atoms with E-state index in [-0.39, 0.29) is 0 Å². The summed E-state index contributed by atoms with van der Waals surface area (Å²) in [4.78, 5) is 14.2. The third-order valence-corrected chi connectivity index (χ3v) is 3.73. The monoisotopic (exact) mass is 318 g/mol. The van der Waals surface area contributed by atoms with Gasteiger partial charge in [-0.15, -0.1) is 0 Å². The van der Waals surface area contributed by atoms with Crippen LogP contribution in [0.5, 0.6) is 0 Å². The van der Waals surface area contributed by atoms with Gasteiger partial charge in [0.25, 0.3) is 5.91 Å². The molecule has 0 radical (unpaired) electrons. The summed E-state index contributed by atoms with van der Waals surface area (Å²) in [6, 6.07) is 0. The van der Waals surface area contributed by atoms with E-state index in [2.05, 4.69) is 15.3 Å². The molecule has 1 saturated heterocycles. The van der Waals surface area contributed by atoms with Crippen LogP contribution in [0.3, 0.4) is 0 Å². The van der Waals surface area contributed by atoms with Gasteiger partial charge >= 0.3 is 6.18 Å². The number of nitrogens with one attached hydrogen (secondary N) is 1. The van der Waals surface area contributed by atoms with Gasteiger partial charge < -0.3 is 10.2 Å². The number of aryl methyl sites for hydroxylation is 1. The average Bonchev–Trinajstić information content (AvgIpc) is 2.87. The lowest BCUT2D eigenvalue weighted by molar-refractivity contribution is -0.141. The van der Waals surface area contributed by atoms with Gasteiger partial charge in [0.05, 0.1) is 5.56 Å². The fraction of sp³-hybridized carbons (Fsp3) is 0.714. The first-order chi connectivity index (χ1) is 10.4. The minimum Gasteiger partial charge on any atom is -0.352 e. The van der Waals surface area contributed by atoms with Gasteiger partial charge in [-0.1, -0.05) is 6.42 Å². The molecule has 22 heavy (non-hydrogen) atoms. The number of likely N-dealkylation sites (tertiary alicyclic amines) is 1. The Kier molecular flexibility index (Phi) is 5.44. The van der Waals surface area contributed by atoms with Crippen LogP contribution in [0.4, 0.5) is 13.2 Å². The molecule has 2 rings (SSSR count). The van der Waals surface area contributed by atoms with Crippen LogP contribution < -0.4 is 5.32 Å². The molecule has 1 aromatic heterocycles. The minimum atomic E-state index is -4.62. The van der Waals surface area contributed by atoms with Crippen molar-refractivity contribution in [2.24, 2.45) is 7.05 Å². The molecule has 1 aromatic rings. The Balaban J connectivity index is 1.82. The number of hydrogen-bond donors (Lipinski definition) is 1. The van der Waals surface area contributed by atoms with Gasteiger partial charge in [-0.25, -0.2) is 0 Å². The number of aromatic nitrogens is 2. The van der Waals surface area contributed by atoms with Crippen molar-refractivity contribution < 1.29 is 18.0 Å². The van der Waals surface area contributed by atoms with Gasteiger partial charge in [0.15, 0.2) is 5.69 Å². The summed E-state index contributed by atoms with van der Waals surface area (Å²) in [5, 5.41) is 5.87. The maximum absolute atomic E-state index is 12.8. The van der Waals surface area contributed by atoms with Crippen LogP contribution >= 0.6 is 0 Å². The minimum absolute atomic E-state index is 0.363. The topological polar surface area (TPSA) is 50.2 Å². The van der Waals surface area contributed by atoms with E-state index in [1.807, 2.05) is 0 Å². The molecule has 0 aromatic carbocycles. The highest BCUT2D eigenvalue weighted by molar-refractivity contribution is 5.95. The molecule has 0 atom stereocenters. The van der Waals surface area contributed by atoms with Gasteiger partial charge in [-0.05, 0) is 38.9 Å².